The standard InChI is InChI=1S/C31H47N3O6/c1-6-7-26(29(38)39)33-28(37)18(2)32-27(36)17-40-34-21-12-14-30(4)20(16-21)8-9-22-24-11-10-23(19(3)35)31(24,5)15-13-25(22)30/h16,18,22-26H,6-15,17H2,1-5H3,(H,32,36)(H,33,37)(H,38,39)/b34-21+/t18-,22+,23+,24-,25+,26-,30-,31+/m0/s1. The maximum atomic E-state index is 12.4. The molecule has 0 spiro atoms. The molecule has 4 aliphatic rings. The van der Waals surface area contributed by atoms with Crippen molar-refractivity contribution in [3.8, 4) is 0 Å². The molecule has 9 heteroatoms. The van der Waals surface area contributed by atoms with E-state index in [4.69, 9.17) is 4.84 Å². The van der Waals surface area contributed by atoms with Gasteiger partial charge >= 0.3 is 5.97 Å². The Kier molecular flexibility index (Phi) is 9.10. The maximum absolute atomic E-state index is 12.4. The Bertz CT molecular complexity index is 1080. The van der Waals surface area contributed by atoms with Gasteiger partial charge in [0.1, 0.15) is 17.9 Å². The zero-order valence-electron chi connectivity index (χ0n) is 24.8. The van der Waals surface area contributed by atoms with E-state index < -0.39 is 29.9 Å². The molecule has 40 heavy (non-hydrogen) atoms. The average molecular weight is 558 g/mol. The van der Waals surface area contributed by atoms with Crippen molar-refractivity contribution in [3.05, 3.63) is 11.6 Å². The van der Waals surface area contributed by atoms with Gasteiger partial charge in [-0.25, -0.2) is 4.79 Å². The smallest absolute Gasteiger partial charge is 0.326 e. The summed E-state index contributed by atoms with van der Waals surface area (Å²) in [6, 6.07) is -1.87. The molecule has 0 aromatic carbocycles. The topological polar surface area (TPSA) is 134 Å². The van der Waals surface area contributed by atoms with Crippen LogP contribution in [0.25, 0.3) is 0 Å². The van der Waals surface area contributed by atoms with Gasteiger partial charge in [-0.15, -0.1) is 0 Å². The van der Waals surface area contributed by atoms with Gasteiger partial charge in [-0.3, -0.25) is 14.4 Å². The van der Waals surface area contributed by atoms with Crippen LogP contribution in [0.3, 0.4) is 0 Å². The number of hydrogen-bond acceptors (Lipinski definition) is 6. The van der Waals surface area contributed by atoms with E-state index in [0.29, 0.717) is 36.4 Å². The van der Waals surface area contributed by atoms with Gasteiger partial charge in [0.25, 0.3) is 5.91 Å². The van der Waals surface area contributed by atoms with Crippen molar-refractivity contribution >= 4 is 29.3 Å². The minimum absolute atomic E-state index is 0.142. The fourth-order valence-electron chi connectivity index (χ4n) is 8.68. The Balaban J connectivity index is 1.31. The van der Waals surface area contributed by atoms with Crippen LogP contribution in [0.15, 0.2) is 16.8 Å². The Labute approximate surface area is 237 Å². The Morgan fingerprint density at radius 3 is 2.50 bits per heavy atom. The van der Waals surface area contributed by atoms with Gasteiger partial charge < -0.3 is 20.6 Å². The van der Waals surface area contributed by atoms with Gasteiger partial charge in [0.15, 0.2) is 6.61 Å². The number of carboxylic acid groups (broad SMARTS) is 1. The Morgan fingerprint density at radius 2 is 1.82 bits per heavy atom. The number of amides is 2. The lowest BCUT2D eigenvalue weighted by Gasteiger charge is -2.58. The molecule has 3 saturated carbocycles. The van der Waals surface area contributed by atoms with E-state index >= 15 is 0 Å². The molecule has 3 N–H and O–H groups in total. The molecule has 0 saturated heterocycles. The summed E-state index contributed by atoms with van der Waals surface area (Å²) in [5, 5.41) is 18.5. The number of rotatable bonds is 10. The van der Waals surface area contributed by atoms with Crippen molar-refractivity contribution in [1.82, 2.24) is 10.6 Å². The summed E-state index contributed by atoms with van der Waals surface area (Å²) in [6.45, 7) is 9.61. The molecule has 0 aromatic rings. The second-order valence-corrected chi connectivity index (χ2v) is 13.1. The summed E-state index contributed by atoms with van der Waals surface area (Å²) in [7, 11) is 0. The van der Waals surface area contributed by atoms with Crippen molar-refractivity contribution in [2.45, 2.75) is 111 Å². The average Bonchev–Trinajstić information content (AvgIpc) is 3.26. The Morgan fingerprint density at radius 1 is 1.07 bits per heavy atom. The van der Waals surface area contributed by atoms with Gasteiger partial charge in [0, 0.05) is 5.92 Å². The predicted molar refractivity (Wildman–Crippen MR) is 151 cm³/mol. The fraction of sp³-hybridized carbons (Fsp3) is 0.774. The molecule has 2 amide bonds. The molecule has 0 radical (unpaired) electrons. The maximum Gasteiger partial charge on any atom is 0.326 e. The van der Waals surface area contributed by atoms with E-state index in [1.807, 2.05) is 6.92 Å². The number of ketones is 1. The highest BCUT2D eigenvalue weighted by Crippen LogP contribution is 2.66. The third-order valence-electron chi connectivity index (χ3n) is 10.8. The van der Waals surface area contributed by atoms with E-state index in [-0.39, 0.29) is 23.4 Å². The van der Waals surface area contributed by atoms with Gasteiger partial charge in [0.2, 0.25) is 5.91 Å². The Hall–Kier alpha value is -2.71. The summed E-state index contributed by atoms with van der Waals surface area (Å²) in [4.78, 5) is 53.7. The summed E-state index contributed by atoms with van der Waals surface area (Å²) >= 11 is 0. The van der Waals surface area contributed by atoms with Crippen molar-refractivity contribution in [3.63, 3.8) is 0 Å². The number of carboxylic acids is 1. The number of carbonyl (C=O) groups excluding carboxylic acids is 3. The largest absolute Gasteiger partial charge is 0.480 e. The van der Waals surface area contributed by atoms with Crippen LogP contribution in [0.1, 0.15) is 98.8 Å². The lowest BCUT2D eigenvalue weighted by atomic mass is 9.46. The second kappa shape index (κ2) is 12.0. The molecule has 222 valence electrons. The number of oxime groups is 1. The molecule has 0 unspecified atom stereocenters. The van der Waals surface area contributed by atoms with E-state index in [2.05, 4.69) is 35.7 Å². The molecule has 0 aliphatic heterocycles. The highest BCUT2D eigenvalue weighted by molar-refractivity contribution is 5.96. The number of aliphatic carboxylic acids is 1. The van der Waals surface area contributed by atoms with E-state index in [0.717, 1.165) is 44.2 Å². The lowest BCUT2D eigenvalue weighted by Crippen LogP contribution is -2.51. The molecule has 8 atom stereocenters. The lowest BCUT2D eigenvalue weighted by molar-refractivity contribution is -0.142. The van der Waals surface area contributed by atoms with Crippen LogP contribution in [-0.4, -0.2) is 53.1 Å². The fourth-order valence-corrected chi connectivity index (χ4v) is 8.68. The van der Waals surface area contributed by atoms with Crippen LogP contribution in [0.4, 0.5) is 0 Å². The van der Waals surface area contributed by atoms with Gasteiger partial charge in [-0.05, 0) is 106 Å². The minimum atomic E-state index is -1.10. The van der Waals surface area contributed by atoms with Gasteiger partial charge in [-0.2, -0.15) is 0 Å². The highest BCUT2D eigenvalue weighted by atomic mass is 16.6. The van der Waals surface area contributed by atoms with Crippen molar-refractivity contribution in [2.75, 3.05) is 6.61 Å². The number of allylic oxidation sites excluding steroid dienone is 2. The molecule has 0 bridgehead atoms. The van der Waals surface area contributed by atoms with E-state index in [1.165, 1.54) is 25.3 Å². The second-order valence-electron chi connectivity index (χ2n) is 13.1. The quantitative estimate of drug-likeness (QED) is 0.341. The first-order valence-corrected chi connectivity index (χ1v) is 15.1. The van der Waals surface area contributed by atoms with Crippen molar-refractivity contribution in [1.29, 1.82) is 0 Å². The highest BCUT2D eigenvalue weighted by Gasteiger charge is 2.59. The first-order chi connectivity index (χ1) is 18.9. The summed E-state index contributed by atoms with van der Waals surface area (Å²) < 4.78 is 0. The summed E-state index contributed by atoms with van der Waals surface area (Å²) in [5.41, 5.74) is 2.57. The van der Waals surface area contributed by atoms with Crippen molar-refractivity contribution in [2.24, 2.45) is 39.7 Å². The third kappa shape index (κ3) is 5.84. The normalized spacial score (nSPS) is 35.3. The molecule has 0 heterocycles. The molecular formula is C31H47N3O6. The summed E-state index contributed by atoms with van der Waals surface area (Å²) in [6.07, 6.45) is 11.6. The van der Waals surface area contributed by atoms with E-state index in [9.17, 15) is 24.3 Å². The van der Waals surface area contributed by atoms with Crippen LogP contribution < -0.4 is 10.6 Å². The molecule has 4 rings (SSSR count). The first-order valence-electron chi connectivity index (χ1n) is 15.1. The van der Waals surface area contributed by atoms with Gasteiger partial charge in [-0.1, -0.05) is 37.9 Å². The molecule has 9 nitrogen and oxygen atoms in total. The molecular weight excluding hydrogens is 510 g/mol. The number of nitrogens with one attached hydrogen (secondary N) is 2. The van der Waals surface area contributed by atoms with Crippen LogP contribution in [-0.2, 0) is 24.0 Å². The number of nitrogens with zero attached hydrogens (tertiary/aromatic N) is 1. The SMILES string of the molecule is CCC[C@H](NC(=O)[C@H](C)NC(=O)CO/N=C1/C=C2CC[C@H]3[C@@H](CC[C@]4(C)[C@@H](C(C)=O)CC[C@@H]34)[C@@]2(C)CC1)C(=O)O. The van der Waals surface area contributed by atoms with Crippen LogP contribution in [0, 0.1) is 34.5 Å². The number of Topliss-reactive ketones (excluding diaryl/α,β-unsaturated/α-hetero) is 1. The molecule has 4 aliphatic carbocycles. The number of hydrogen-bond donors (Lipinski definition) is 3. The van der Waals surface area contributed by atoms with Crippen LogP contribution >= 0.6 is 0 Å². The zero-order chi connectivity index (χ0) is 29.2. The third-order valence-corrected chi connectivity index (χ3v) is 10.8. The predicted octanol–water partition coefficient (Wildman–Crippen LogP) is 4.40. The molecule has 0 aromatic heterocycles. The number of carbonyl (C=O) groups is 4. The summed E-state index contributed by atoms with van der Waals surface area (Å²) in [5.74, 6) is 0.407. The number of fused-ring (bicyclic) bond motifs is 5. The zero-order valence-corrected chi connectivity index (χ0v) is 24.8. The minimum Gasteiger partial charge on any atom is -0.480 e. The van der Waals surface area contributed by atoms with E-state index in [1.54, 1.807) is 6.92 Å². The van der Waals surface area contributed by atoms with Gasteiger partial charge in [0.05, 0.1) is 5.71 Å². The van der Waals surface area contributed by atoms with Crippen LogP contribution in [0.2, 0.25) is 0 Å². The molecule has 3 fully saturated rings. The van der Waals surface area contributed by atoms with Crippen molar-refractivity contribution < 1.29 is 29.1 Å². The van der Waals surface area contributed by atoms with Crippen LogP contribution in [0.5, 0.6) is 0 Å². The monoisotopic (exact) mass is 557 g/mol. The first kappa shape index (κ1) is 30.3.